The van der Waals surface area contributed by atoms with E-state index in [9.17, 15) is 9.59 Å². The van der Waals surface area contributed by atoms with Crippen LogP contribution in [0.4, 0.5) is 5.69 Å². The maximum absolute atomic E-state index is 12.1. The number of hydrogen-bond acceptors (Lipinski definition) is 2. The molecule has 0 bridgehead atoms. The molecular weight excluding hydrogens is 320 g/mol. The quantitative estimate of drug-likeness (QED) is 0.837. The Labute approximate surface area is 128 Å². The van der Waals surface area contributed by atoms with Crippen LogP contribution in [0.3, 0.4) is 0 Å². The molecule has 2 amide bonds. The molecule has 0 aliphatic carbocycles. The lowest BCUT2D eigenvalue weighted by molar-refractivity contribution is -0.128. The lowest BCUT2D eigenvalue weighted by atomic mass is 10.1. The molecule has 0 fully saturated rings. The Morgan fingerprint density at radius 2 is 1.90 bits per heavy atom. The van der Waals surface area contributed by atoms with Crippen LogP contribution in [0, 0.1) is 5.92 Å². The van der Waals surface area contributed by atoms with E-state index >= 15 is 0 Å². The second-order valence-electron chi connectivity index (χ2n) is 5.17. The lowest BCUT2D eigenvalue weighted by Crippen LogP contribution is -2.28. The van der Waals surface area contributed by atoms with Gasteiger partial charge in [0.15, 0.2) is 0 Å². The summed E-state index contributed by atoms with van der Waals surface area (Å²) >= 11 is 3.39. The molecule has 4 nitrogen and oxygen atoms in total. The summed E-state index contributed by atoms with van der Waals surface area (Å²) in [7, 11) is 1.74. The molecule has 0 aromatic heterocycles. The van der Waals surface area contributed by atoms with Gasteiger partial charge in [0, 0.05) is 26.2 Å². The molecular formula is C15H21BrN2O2. The summed E-state index contributed by atoms with van der Waals surface area (Å²) in [5.74, 6) is 0.131. The van der Waals surface area contributed by atoms with Gasteiger partial charge in [-0.3, -0.25) is 9.59 Å². The van der Waals surface area contributed by atoms with Crippen LogP contribution in [0.1, 0.15) is 26.3 Å². The number of halogens is 1. The number of benzene rings is 1. The number of carbonyl (C=O) groups is 2. The Kier molecular flexibility index (Phi) is 6.20. The van der Waals surface area contributed by atoms with Crippen LogP contribution >= 0.6 is 15.9 Å². The first kappa shape index (κ1) is 16.7. The number of hydrogen-bond donors (Lipinski definition) is 1. The number of nitrogens with one attached hydrogen (secondary N) is 1. The van der Waals surface area contributed by atoms with Crippen LogP contribution in [-0.4, -0.2) is 28.6 Å². The SMILES string of the molecule is CC(=O)N(C)Cc1ccccc1NC(=O)C(Br)C(C)C. The molecule has 0 heterocycles. The first-order chi connectivity index (χ1) is 9.32. The van der Waals surface area contributed by atoms with Crippen LogP contribution in [0.15, 0.2) is 24.3 Å². The van der Waals surface area contributed by atoms with Crippen molar-refractivity contribution in [3.63, 3.8) is 0 Å². The summed E-state index contributed by atoms with van der Waals surface area (Å²) in [4.78, 5) is 24.8. The molecule has 5 heteroatoms. The lowest BCUT2D eigenvalue weighted by Gasteiger charge is -2.19. The third-order valence-corrected chi connectivity index (χ3v) is 4.53. The maximum atomic E-state index is 12.1. The molecule has 0 aliphatic rings. The molecule has 0 saturated carbocycles. The van der Waals surface area contributed by atoms with Gasteiger partial charge < -0.3 is 10.2 Å². The van der Waals surface area contributed by atoms with Crippen LogP contribution in [0.2, 0.25) is 0 Å². The average Bonchev–Trinajstić information content (AvgIpc) is 2.39. The van der Waals surface area contributed by atoms with E-state index < -0.39 is 0 Å². The highest BCUT2D eigenvalue weighted by Gasteiger charge is 2.19. The van der Waals surface area contributed by atoms with Gasteiger partial charge in [-0.25, -0.2) is 0 Å². The van der Waals surface area contributed by atoms with Crippen LogP contribution < -0.4 is 5.32 Å². The highest BCUT2D eigenvalue weighted by molar-refractivity contribution is 9.10. The summed E-state index contributed by atoms with van der Waals surface area (Å²) < 4.78 is 0. The van der Waals surface area contributed by atoms with E-state index in [-0.39, 0.29) is 22.6 Å². The fourth-order valence-electron chi connectivity index (χ4n) is 1.65. The first-order valence-corrected chi connectivity index (χ1v) is 7.49. The zero-order chi connectivity index (χ0) is 15.3. The third kappa shape index (κ3) is 4.63. The molecule has 0 aliphatic heterocycles. The minimum atomic E-state index is -0.235. The Morgan fingerprint density at radius 1 is 1.30 bits per heavy atom. The highest BCUT2D eigenvalue weighted by Crippen LogP contribution is 2.20. The summed E-state index contributed by atoms with van der Waals surface area (Å²) in [5.41, 5.74) is 1.66. The minimum absolute atomic E-state index is 0.00771. The number of amides is 2. The molecule has 1 aromatic carbocycles. The van der Waals surface area contributed by atoms with Crippen molar-refractivity contribution >= 4 is 33.4 Å². The first-order valence-electron chi connectivity index (χ1n) is 6.57. The van der Waals surface area contributed by atoms with Gasteiger partial charge in [-0.2, -0.15) is 0 Å². The van der Waals surface area contributed by atoms with Gasteiger partial charge in [-0.15, -0.1) is 0 Å². The number of rotatable bonds is 5. The molecule has 0 saturated heterocycles. The van der Waals surface area contributed by atoms with Gasteiger partial charge in [0.05, 0.1) is 4.83 Å². The van der Waals surface area contributed by atoms with Crippen molar-refractivity contribution in [2.45, 2.75) is 32.1 Å². The van der Waals surface area contributed by atoms with Crippen molar-refractivity contribution in [1.29, 1.82) is 0 Å². The van der Waals surface area contributed by atoms with Gasteiger partial charge in [0.1, 0.15) is 0 Å². The highest BCUT2D eigenvalue weighted by atomic mass is 79.9. The standard InChI is InChI=1S/C15H21BrN2O2/c1-10(2)14(16)15(20)17-13-8-6-5-7-12(13)9-18(4)11(3)19/h5-8,10,14H,9H2,1-4H3,(H,17,20). The van der Waals surface area contributed by atoms with Crippen LogP contribution in [0.5, 0.6) is 0 Å². The summed E-state index contributed by atoms with van der Waals surface area (Å²) in [6.07, 6.45) is 0. The minimum Gasteiger partial charge on any atom is -0.342 e. The summed E-state index contributed by atoms with van der Waals surface area (Å²) in [6, 6.07) is 7.52. The van der Waals surface area contributed by atoms with Crippen LogP contribution in [0.25, 0.3) is 0 Å². The number of para-hydroxylation sites is 1. The predicted octanol–water partition coefficient (Wildman–Crippen LogP) is 3.02. The van der Waals surface area contributed by atoms with Crippen molar-refractivity contribution in [3.8, 4) is 0 Å². The monoisotopic (exact) mass is 340 g/mol. The van der Waals surface area contributed by atoms with E-state index in [0.717, 1.165) is 11.3 Å². The van der Waals surface area contributed by atoms with E-state index in [0.29, 0.717) is 6.54 Å². The van der Waals surface area contributed by atoms with Gasteiger partial charge in [-0.05, 0) is 17.5 Å². The topological polar surface area (TPSA) is 49.4 Å². The molecule has 20 heavy (non-hydrogen) atoms. The zero-order valence-corrected chi connectivity index (χ0v) is 13.9. The number of carbonyl (C=O) groups excluding carboxylic acids is 2. The molecule has 110 valence electrons. The molecule has 1 aromatic rings. The van der Waals surface area contributed by atoms with Gasteiger partial charge in [0.2, 0.25) is 11.8 Å². The normalized spacial score (nSPS) is 12.1. The van der Waals surface area contributed by atoms with Gasteiger partial charge >= 0.3 is 0 Å². The molecule has 0 radical (unpaired) electrons. The Balaban J connectivity index is 2.85. The maximum Gasteiger partial charge on any atom is 0.238 e. The molecule has 1 rings (SSSR count). The Morgan fingerprint density at radius 3 is 2.45 bits per heavy atom. The second-order valence-corrected chi connectivity index (χ2v) is 6.15. The number of anilines is 1. The van der Waals surface area contributed by atoms with E-state index in [1.165, 1.54) is 6.92 Å². The van der Waals surface area contributed by atoms with Crippen molar-refractivity contribution in [3.05, 3.63) is 29.8 Å². The molecule has 0 spiro atoms. The van der Waals surface area contributed by atoms with Crippen LogP contribution in [-0.2, 0) is 16.1 Å². The second kappa shape index (κ2) is 7.43. The number of nitrogens with zero attached hydrogens (tertiary/aromatic N) is 1. The van der Waals surface area contributed by atoms with Crippen molar-refractivity contribution in [2.75, 3.05) is 12.4 Å². The number of alkyl halides is 1. The van der Waals surface area contributed by atoms with E-state index in [2.05, 4.69) is 21.2 Å². The fraction of sp³-hybridized carbons (Fsp3) is 0.467. The largest absolute Gasteiger partial charge is 0.342 e. The van der Waals surface area contributed by atoms with E-state index in [1.807, 2.05) is 38.1 Å². The smallest absolute Gasteiger partial charge is 0.238 e. The summed E-state index contributed by atoms with van der Waals surface area (Å²) in [6.45, 7) is 5.96. The fourth-order valence-corrected chi connectivity index (χ4v) is 1.77. The van der Waals surface area contributed by atoms with Crippen molar-refractivity contribution in [2.24, 2.45) is 5.92 Å². The molecule has 1 unspecified atom stereocenters. The predicted molar refractivity (Wildman–Crippen MR) is 84.8 cm³/mol. The zero-order valence-electron chi connectivity index (χ0n) is 12.3. The van der Waals surface area contributed by atoms with E-state index in [4.69, 9.17) is 0 Å². The molecule has 1 atom stereocenters. The Hall–Kier alpha value is -1.36. The third-order valence-electron chi connectivity index (χ3n) is 3.06. The van der Waals surface area contributed by atoms with E-state index in [1.54, 1.807) is 11.9 Å². The summed E-state index contributed by atoms with van der Waals surface area (Å²) in [5, 5.41) is 2.91. The van der Waals surface area contributed by atoms with Crippen molar-refractivity contribution < 1.29 is 9.59 Å². The molecule has 1 N–H and O–H groups in total. The Bertz CT molecular complexity index is 489. The van der Waals surface area contributed by atoms with Gasteiger partial charge in [-0.1, -0.05) is 48.0 Å². The van der Waals surface area contributed by atoms with Crippen molar-refractivity contribution in [1.82, 2.24) is 4.90 Å². The van der Waals surface area contributed by atoms with Gasteiger partial charge in [0.25, 0.3) is 0 Å². The average molecular weight is 341 g/mol.